The summed E-state index contributed by atoms with van der Waals surface area (Å²) < 4.78 is 5.25. The fourth-order valence-corrected chi connectivity index (χ4v) is 3.86. The van der Waals surface area contributed by atoms with Crippen LogP contribution in [0.2, 0.25) is 0 Å². The fraction of sp³-hybridized carbons (Fsp3) is 0.263. The molecule has 0 bridgehead atoms. The van der Waals surface area contributed by atoms with Crippen LogP contribution in [-0.2, 0) is 0 Å². The van der Waals surface area contributed by atoms with E-state index in [4.69, 9.17) is 9.72 Å². The van der Waals surface area contributed by atoms with Gasteiger partial charge in [-0.15, -0.1) is 11.3 Å². The Hall–Kier alpha value is -2.60. The molecule has 2 N–H and O–H groups in total. The van der Waals surface area contributed by atoms with E-state index >= 15 is 0 Å². The van der Waals surface area contributed by atoms with Crippen molar-refractivity contribution in [3.8, 4) is 17.1 Å². The molecule has 0 aliphatic heterocycles. The van der Waals surface area contributed by atoms with Crippen molar-refractivity contribution in [2.75, 3.05) is 12.4 Å². The van der Waals surface area contributed by atoms with Gasteiger partial charge in [-0.3, -0.25) is 4.79 Å². The Morgan fingerprint density at radius 3 is 2.68 bits per heavy atom. The number of hydrogen-bond donors (Lipinski definition) is 2. The molecule has 6 heteroatoms. The van der Waals surface area contributed by atoms with Gasteiger partial charge in [-0.05, 0) is 45.4 Å². The monoisotopic (exact) mass is 355 g/mol. The van der Waals surface area contributed by atoms with E-state index in [9.17, 15) is 4.79 Å². The largest absolute Gasteiger partial charge is 0.497 e. The number of thiazole rings is 1. The molecule has 0 aliphatic rings. The highest BCUT2D eigenvalue weighted by Crippen LogP contribution is 2.35. The number of benzene rings is 1. The van der Waals surface area contributed by atoms with Gasteiger partial charge in [0.1, 0.15) is 11.4 Å². The fourth-order valence-electron chi connectivity index (χ4n) is 3.02. The zero-order valence-corrected chi connectivity index (χ0v) is 15.8. The van der Waals surface area contributed by atoms with E-state index in [1.807, 2.05) is 45.0 Å². The van der Waals surface area contributed by atoms with E-state index in [0.717, 1.165) is 49.7 Å². The number of Topliss-reactive ketones (excluding diaryl/α,β-unsaturated/α-hetero) is 1. The van der Waals surface area contributed by atoms with Gasteiger partial charge in [-0.2, -0.15) is 0 Å². The van der Waals surface area contributed by atoms with Crippen LogP contribution in [0.1, 0.15) is 33.4 Å². The number of aromatic nitrogens is 2. The molecule has 0 amide bonds. The Morgan fingerprint density at radius 1 is 1.28 bits per heavy atom. The molecule has 2 aromatic heterocycles. The number of rotatable bonds is 5. The second-order valence-corrected chi connectivity index (χ2v) is 7.17. The molecule has 25 heavy (non-hydrogen) atoms. The summed E-state index contributed by atoms with van der Waals surface area (Å²) in [6.07, 6.45) is 0. The molecule has 0 atom stereocenters. The van der Waals surface area contributed by atoms with E-state index in [1.54, 1.807) is 25.4 Å². The van der Waals surface area contributed by atoms with Crippen molar-refractivity contribution in [2.45, 2.75) is 27.7 Å². The predicted octanol–water partition coefficient (Wildman–Crippen LogP) is 5.02. The van der Waals surface area contributed by atoms with Gasteiger partial charge in [0.2, 0.25) is 0 Å². The second kappa shape index (κ2) is 6.72. The molecule has 0 spiro atoms. The van der Waals surface area contributed by atoms with Crippen LogP contribution in [0.25, 0.3) is 11.4 Å². The number of carbonyl (C=O) groups is 1. The normalized spacial score (nSPS) is 10.8. The Bertz CT molecular complexity index is 940. The Morgan fingerprint density at radius 2 is 2.04 bits per heavy atom. The number of ether oxygens (including phenoxy) is 1. The van der Waals surface area contributed by atoms with Gasteiger partial charge < -0.3 is 15.0 Å². The molecule has 130 valence electrons. The molecule has 0 saturated heterocycles. The lowest BCUT2D eigenvalue weighted by Gasteiger charge is -2.04. The van der Waals surface area contributed by atoms with Crippen LogP contribution < -0.4 is 10.1 Å². The van der Waals surface area contributed by atoms with Gasteiger partial charge in [0.05, 0.1) is 12.8 Å². The van der Waals surface area contributed by atoms with E-state index in [2.05, 4.69) is 10.3 Å². The lowest BCUT2D eigenvalue weighted by Crippen LogP contribution is -1.95. The highest BCUT2D eigenvalue weighted by molar-refractivity contribution is 7.16. The molecule has 5 nitrogen and oxygen atoms in total. The molecule has 1 aromatic carbocycles. The van der Waals surface area contributed by atoms with Crippen molar-refractivity contribution in [1.29, 1.82) is 0 Å². The first-order valence-electron chi connectivity index (χ1n) is 7.99. The third-order valence-electron chi connectivity index (χ3n) is 4.14. The summed E-state index contributed by atoms with van der Waals surface area (Å²) in [6.45, 7) is 7.51. The first kappa shape index (κ1) is 17.2. The summed E-state index contributed by atoms with van der Waals surface area (Å²) in [5.41, 5.74) is 5.30. The Balaban J connectivity index is 1.96. The number of nitrogens with zero attached hydrogens (tertiary/aromatic N) is 1. The number of methoxy groups -OCH3 is 1. The predicted molar refractivity (Wildman–Crippen MR) is 102 cm³/mol. The van der Waals surface area contributed by atoms with E-state index in [-0.39, 0.29) is 5.78 Å². The summed E-state index contributed by atoms with van der Waals surface area (Å²) in [4.78, 5) is 21.0. The lowest BCUT2D eigenvalue weighted by atomic mass is 10.1. The molecule has 0 saturated carbocycles. The maximum absolute atomic E-state index is 11.9. The van der Waals surface area contributed by atoms with Gasteiger partial charge in [-0.1, -0.05) is 6.07 Å². The zero-order chi connectivity index (χ0) is 18.1. The van der Waals surface area contributed by atoms with Crippen molar-refractivity contribution < 1.29 is 9.53 Å². The third kappa shape index (κ3) is 3.30. The minimum absolute atomic E-state index is 0.0695. The van der Waals surface area contributed by atoms with Gasteiger partial charge in [0, 0.05) is 27.9 Å². The molecular formula is C19H21N3O2S. The first-order chi connectivity index (χ1) is 11.9. The van der Waals surface area contributed by atoms with E-state index in [0.29, 0.717) is 0 Å². The highest BCUT2D eigenvalue weighted by Gasteiger charge is 2.20. The third-order valence-corrected chi connectivity index (χ3v) is 5.03. The van der Waals surface area contributed by atoms with Crippen LogP contribution in [0.15, 0.2) is 24.3 Å². The maximum Gasteiger partial charge on any atom is 0.188 e. The minimum Gasteiger partial charge on any atom is -0.497 e. The van der Waals surface area contributed by atoms with E-state index in [1.165, 1.54) is 0 Å². The highest BCUT2D eigenvalue weighted by atomic mass is 32.1. The van der Waals surface area contributed by atoms with Crippen LogP contribution in [0.4, 0.5) is 10.8 Å². The second-order valence-electron chi connectivity index (χ2n) is 5.96. The minimum atomic E-state index is 0.0695. The number of H-pyrrole nitrogens is 1. The summed E-state index contributed by atoms with van der Waals surface area (Å²) in [6, 6.07) is 7.73. The van der Waals surface area contributed by atoms with Crippen LogP contribution in [0.5, 0.6) is 5.75 Å². The van der Waals surface area contributed by atoms with Crippen molar-refractivity contribution in [1.82, 2.24) is 9.97 Å². The number of hydrogen-bond acceptors (Lipinski definition) is 5. The smallest absolute Gasteiger partial charge is 0.188 e. The molecule has 0 radical (unpaired) electrons. The quantitative estimate of drug-likeness (QED) is 0.631. The lowest BCUT2D eigenvalue weighted by molar-refractivity contribution is 0.101. The maximum atomic E-state index is 11.9. The topological polar surface area (TPSA) is 67.0 Å². The first-order valence-corrected chi connectivity index (χ1v) is 8.81. The number of anilines is 2. The van der Waals surface area contributed by atoms with Crippen LogP contribution in [0.3, 0.4) is 0 Å². The number of ketones is 1. The van der Waals surface area contributed by atoms with Crippen molar-refractivity contribution >= 4 is 27.9 Å². The molecule has 2 heterocycles. The number of aryl methyl sites for hydroxylation is 2. The summed E-state index contributed by atoms with van der Waals surface area (Å²) in [5, 5.41) is 4.12. The van der Waals surface area contributed by atoms with Crippen LogP contribution in [-0.4, -0.2) is 22.9 Å². The summed E-state index contributed by atoms with van der Waals surface area (Å²) in [5.74, 6) is 0.862. The standard InChI is InChI=1S/C19H21N3O2S/c1-10-16(12(3)23)11(2)20-17(10)18-13(4)25-19(22-18)21-14-7-6-8-15(9-14)24-5/h6-9,20H,1-5H3,(H,21,22). The number of carbonyl (C=O) groups excluding carboxylic acids is 1. The van der Waals surface area contributed by atoms with Crippen molar-refractivity contribution in [3.63, 3.8) is 0 Å². The molecule has 0 unspecified atom stereocenters. The molecule has 0 aliphatic carbocycles. The van der Waals surface area contributed by atoms with Crippen LogP contribution >= 0.6 is 11.3 Å². The van der Waals surface area contributed by atoms with E-state index < -0.39 is 0 Å². The average Bonchev–Trinajstić information content (AvgIpc) is 3.06. The molecule has 3 rings (SSSR count). The summed E-state index contributed by atoms with van der Waals surface area (Å²) >= 11 is 1.58. The number of aromatic amines is 1. The van der Waals surface area contributed by atoms with Gasteiger partial charge in [0.15, 0.2) is 10.9 Å². The molecule has 0 fully saturated rings. The van der Waals surface area contributed by atoms with Crippen molar-refractivity contribution in [2.24, 2.45) is 0 Å². The molecule has 3 aromatic rings. The van der Waals surface area contributed by atoms with Crippen molar-refractivity contribution in [3.05, 3.63) is 46.0 Å². The Labute approximate surface area is 151 Å². The van der Waals surface area contributed by atoms with Crippen LogP contribution in [0, 0.1) is 20.8 Å². The Kier molecular flexibility index (Phi) is 4.63. The van der Waals surface area contributed by atoms with Gasteiger partial charge >= 0.3 is 0 Å². The van der Waals surface area contributed by atoms with Gasteiger partial charge in [0.25, 0.3) is 0 Å². The zero-order valence-electron chi connectivity index (χ0n) is 15.0. The van der Waals surface area contributed by atoms with Gasteiger partial charge in [-0.25, -0.2) is 4.98 Å². The summed E-state index contributed by atoms with van der Waals surface area (Å²) in [7, 11) is 1.65. The molecular weight excluding hydrogens is 334 g/mol. The SMILES string of the molecule is COc1cccc(Nc2nc(-c3[nH]c(C)c(C(C)=O)c3C)c(C)s2)c1. The average molecular weight is 355 g/mol. The number of nitrogens with one attached hydrogen (secondary N) is 2.